The van der Waals surface area contributed by atoms with E-state index in [1.165, 1.54) is 19.3 Å². The number of nitrogens with zero attached hydrogens (tertiary/aromatic N) is 1. The van der Waals surface area contributed by atoms with Crippen LogP contribution in [0.1, 0.15) is 63.2 Å². The van der Waals surface area contributed by atoms with Gasteiger partial charge in [0.05, 0.1) is 0 Å². The fraction of sp³-hybridized carbons (Fsp3) is 0.611. The van der Waals surface area contributed by atoms with Crippen molar-refractivity contribution in [2.75, 3.05) is 0 Å². The molecule has 0 saturated heterocycles. The molecule has 3 rings (SSSR count). The van der Waals surface area contributed by atoms with Crippen molar-refractivity contribution in [3.05, 3.63) is 35.9 Å². The van der Waals surface area contributed by atoms with Crippen molar-refractivity contribution in [2.45, 2.75) is 63.2 Å². The first-order chi connectivity index (χ1) is 10.9. The summed E-state index contributed by atoms with van der Waals surface area (Å²) in [7, 11) is -3.62. The van der Waals surface area contributed by atoms with Crippen LogP contribution in [0.5, 0.6) is 0 Å². The van der Waals surface area contributed by atoms with Crippen molar-refractivity contribution in [1.82, 2.24) is 0 Å². The lowest BCUT2D eigenvalue weighted by Gasteiger charge is -2.38. The number of ether oxygens (including phenoxy) is 1. The van der Waals surface area contributed by atoms with Gasteiger partial charge < -0.3 is 4.74 Å². The summed E-state index contributed by atoms with van der Waals surface area (Å²) in [5, 5.41) is -0.758. The molecule has 1 fully saturated rings. The van der Waals surface area contributed by atoms with Crippen LogP contribution in [-0.2, 0) is 14.8 Å². The third-order valence-electron chi connectivity index (χ3n) is 4.83. The smallest absolute Gasteiger partial charge is 0.267 e. The summed E-state index contributed by atoms with van der Waals surface area (Å²) in [6.45, 7) is 3.69. The van der Waals surface area contributed by atoms with Gasteiger partial charge in [-0.05, 0) is 38.2 Å². The topological polar surface area (TPSA) is 55.7 Å². The van der Waals surface area contributed by atoms with Gasteiger partial charge in [-0.3, -0.25) is 0 Å². The molecule has 5 heteroatoms. The van der Waals surface area contributed by atoms with E-state index in [1.54, 1.807) is 0 Å². The molecule has 1 aromatic rings. The van der Waals surface area contributed by atoms with Gasteiger partial charge in [0.1, 0.15) is 10.9 Å². The van der Waals surface area contributed by atoms with Gasteiger partial charge in [0, 0.05) is 6.42 Å². The van der Waals surface area contributed by atoms with E-state index in [0.717, 1.165) is 18.4 Å². The van der Waals surface area contributed by atoms with Gasteiger partial charge in [-0.15, -0.1) is 4.40 Å². The third kappa shape index (κ3) is 3.60. The van der Waals surface area contributed by atoms with E-state index in [0.29, 0.717) is 18.2 Å². The fourth-order valence-corrected chi connectivity index (χ4v) is 5.61. The number of hydrogen-bond donors (Lipinski definition) is 0. The number of sulfonamides is 1. The first kappa shape index (κ1) is 16.5. The van der Waals surface area contributed by atoms with Crippen LogP contribution in [0.15, 0.2) is 34.7 Å². The summed E-state index contributed by atoms with van der Waals surface area (Å²) in [5.74, 6) is 0.899. The second kappa shape index (κ2) is 6.27. The molecule has 0 bridgehead atoms. The van der Waals surface area contributed by atoms with E-state index >= 15 is 0 Å². The van der Waals surface area contributed by atoms with Gasteiger partial charge >= 0.3 is 0 Å². The second-order valence-corrected chi connectivity index (χ2v) is 8.89. The first-order valence-electron chi connectivity index (χ1n) is 8.45. The van der Waals surface area contributed by atoms with Gasteiger partial charge in [-0.2, -0.15) is 0 Å². The molecule has 0 amide bonds. The molecule has 0 aromatic heterocycles. The zero-order valence-electron chi connectivity index (χ0n) is 13.9. The number of benzene rings is 1. The summed E-state index contributed by atoms with van der Waals surface area (Å²) >= 11 is 0. The maximum Gasteiger partial charge on any atom is 0.267 e. The SMILES string of the molecule is CC1(C)OC(CC2CCCCC2)=NS(=O)(=O)C1c1ccccc1. The van der Waals surface area contributed by atoms with Gasteiger partial charge in [0.2, 0.25) is 5.90 Å². The Morgan fingerprint density at radius 1 is 1.13 bits per heavy atom. The molecule has 0 N–H and O–H groups in total. The van der Waals surface area contributed by atoms with Gasteiger partial charge in [-0.25, -0.2) is 8.42 Å². The quantitative estimate of drug-likeness (QED) is 0.830. The Labute approximate surface area is 139 Å². The second-order valence-electron chi connectivity index (χ2n) is 7.20. The molecule has 23 heavy (non-hydrogen) atoms. The molecule has 4 nitrogen and oxygen atoms in total. The van der Waals surface area contributed by atoms with Crippen molar-refractivity contribution < 1.29 is 13.2 Å². The van der Waals surface area contributed by atoms with E-state index in [-0.39, 0.29) is 0 Å². The molecule has 1 saturated carbocycles. The van der Waals surface area contributed by atoms with Crippen molar-refractivity contribution in [1.29, 1.82) is 0 Å². The van der Waals surface area contributed by atoms with E-state index in [4.69, 9.17) is 4.74 Å². The highest BCUT2D eigenvalue weighted by Gasteiger charge is 2.47. The molecular formula is C18H25NO3S. The highest BCUT2D eigenvalue weighted by Crippen LogP contribution is 2.41. The Kier molecular flexibility index (Phi) is 4.50. The van der Waals surface area contributed by atoms with Crippen LogP contribution in [0, 0.1) is 5.92 Å². The molecule has 0 radical (unpaired) electrons. The van der Waals surface area contributed by atoms with E-state index < -0.39 is 20.9 Å². The molecule has 1 aromatic carbocycles. The Balaban J connectivity index is 1.88. The highest BCUT2D eigenvalue weighted by atomic mass is 32.2. The molecule has 2 aliphatic rings. The Morgan fingerprint density at radius 2 is 1.78 bits per heavy atom. The van der Waals surface area contributed by atoms with Crippen LogP contribution in [0.3, 0.4) is 0 Å². The average molecular weight is 335 g/mol. The molecule has 1 unspecified atom stereocenters. The van der Waals surface area contributed by atoms with E-state index in [9.17, 15) is 8.42 Å². The molecule has 1 aliphatic heterocycles. The maximum absolute atomic E-state index is 12.8. The van der Waals surface area contributed by atoms with Crippen LogP contribution in [0.2, 0.25) is 0 Å². The van der Waals surface area contributed by atoms with Crippen molar-refractivity contribution in [3.63, 3.8) is 0 Å². The Morgan fingerprint density at radius 3 is 2.39 bits per heavy atom. The minimum Gasteiger partial charge on any atom is -0.472 e. The summed E-state index contributed by atoms with van der Waals surface area (Å²) in [5.41, 5.74) is -0.0793. The van der Waals surface area contributed by atoms with Crippen LogP contribution in [0.25, 0.3) is 0 Å². The molecule has 1 atom stereocenters. The van der Waals surface area contributed by atoms with Gasteiger partial charge in [0.25, 0.3) is 10.0 Å². The van der Waals surface area contributed by atoms with E-state index in [1.807, 2.05) is 44.2 Å². The molecule has 1 heterocycles. The normalized spacial score (nSPS) is 27.0. The largest absolute Gasteiger partial charge is 0.472 e. The standard InChI is InChI=1S/C18H25NO3S/c1-18(2)17(15-11-7-4-8-12-15)23(20,21)19-16(22-18)13-14-9-5-3-6-10-14/h4,7-8,11-12,14,17H,3,5-6,9-10,13H2,1-2H3. The number of hydrogen-bond acceptors (Lipinski definition) is 3. The van der Waals surface area contributed by atoms with Crippen molar-refractivity contribution in [3.8, 4) is 0 Å². The van der Waals surface area contributed by atoms with Crippen LogP contribution >= 0.6 is 0 Å². The van der Waals surface area contributed by atoms with Gasteiger partial charge in [0.15, 0.2) is 0 Å². The molecular weight excluding hydrogens is 310 g/mol. The average Bonchev–Trinajstić information content (AvgIpc) is 2.46. The van der Waals surface area contributed by atoms with Crippen molar-refractivity contribution >= 4 is 15.9 Å². The fourth-order valence-electron chi connectivity index (χ4n) is 3.85. The minimum absolute atomic E-state index is 0.397. The maximum atomic E-state index is 12.8. The lowest BCUT2D eigenvalue weighted by Crippen LogP contribution is -2.43. The lowest BCUT2D eigenvalue weighted by atomic mass is 9.87. The lowest BCUT2D eigenvalue weighted by molar-refractivity contribution is 0.0780. The summed E-state index contributed by atoms with van der Waals surface area (Å²) in [6, 6.07) is 9.24. The van der Waals surface area contributed by atoms with Gasteiger partial charge in [-0.1, -0.05) is 49.6 Å². The minimum atomic E-state index is -3.62. The number of rotatable bonds is 3. The molecule has 126 valence electrons. The van der Waals surface area contributed by atoms with Crippen molar-refractivity contribution in [2.24, 2.45) is 10.3 Å². The van der Waals surface area contributed by atoms with Crippen LogP contribution in [0.4, 0.5) is 0 Å². The highest BCUT2D eigenvalue weighted by molar-refractivity contribution is 7.90. The van der Waals surface area contributed by atoms with E-state index in [2.05, 4.69) is 4.40 Å². The molecule has 1 aliphatic carbocycles. The monoisotopic (exact) mass is 335 g/mol. The van der Waals surface area contributed by atoms with Crippen LogP contribution < -0.4 is 0 Å². The molecule has 0 spiro atoms. The first-order valence-corrected chi connectivity index (χ1v) is 9.95. The summed E-state index contributed by atoms with van der Waals surface area (Å²) in [4.78, 5) is 0. The zero-order valence-corrected chi connectivity index (χ0v) is 14.7. The summed E-state index contributed by atoms with van der Waals surface area (Å²) in [6.07, 6.45) is 6.66. The summed E-state index contributed by atoms with van der Waals surface area (Å²) < 4.78 is 35.6. The van der Waals surface area contributed by atoms with Crippen LogP contribution in [-0.4, -0.2) is 19.9 Å². The Hall–Kier alpha value is -1.36. The Bertz CT molecular complexity index is 673. The zero-order chi connectivity index (χ0) is 16.5. The predicted octanol–water partition coefficient (Wildman–Crippen LogP) is 4.24. The predicted molar refractivity (Wildman–Crippen MR) is 91.9 cm³/mol. The third-order valence-corrected chi connectivity index (χ3v) is 6.72.